The first-order valence-electron chi connectivity index (χ1n) is 5.98. The second kappa shape index (κ2) is 5.69. The Kier molecular flexibility index (Phi) is 4.57. The molecule has 1 saturated heterocycles. The summed E-state index contributed by atoms with van der Waals surface area (Å²) < 4.78 is 27.4. The normalized spacial score (nSPS) is 22.6. The van der Waals surface area contributed by atoms with Gasteiger partial charge in [0.25, 0.3) is 0 Å². The van der Waals surface area contributed by atoms with Crippen molar-refractivity contribution in [1.82, 2.24) is 9.21 Å². The molecule has 0 amide bonds. The summed E-state index contributed by atoms with van der Waals surface area (Å²) in [6.45, 7) is 3.74. The van der Waals surface area contributed by atoms with Crippen molar-refractivity contribution in [2.24, 2.45) is 0 Å². The molecule has 0 aromatic heterocycles. The van der Waals surface area contributed by atoms with Crippen molar-refractivity contribution < 1.29 is 8.42 Å². The van der Waals surface area contributed by atoms with Crippen LogP contribution in [0.2, 0.25) is 5.02 Å². The molecule has 1 fully saturated rings. The third-order valence-electron chi connectivity index (χ3n) is 3.43. The van der Waals surface area contributed by atoms with E-state index >= 15 is 0 Å². The van der Waals surface area contributed by atoms with Crippen LogP contribution in [-0.2, 0) is 10.0 Å². The molecule has 1 aliphatic rings. The quantitative estimate of drug-likeness (QED) is 0.806. The van der Waals surface area contributed by atoms with Crippen molar-refractivity contribution >= 4 is 37.6 Å². The molecular formula is C12H16BrClN2O2S. The largest absolute Gasteiger partial charge is 0.301 e. The lowest BCUT2D eigenvalue weighted by molar-refractivity contribution is 0.159. The molecule has 0 saturated carbocycles. The van der Waals surface area contributed by atoms with Crippen LogP contribution in [0.1, 0.15) is 6.92 Å². The summed E-state index contributed by atoms with van der Waals surface area (Å²) in [4.78, 5) is 2.32. The second-order valence-electron chi connectivity index (χ2n) is 4.77. The Bertz CT molecular complexity index is 579. The molecule has 19 heavy (non-hydrogen) atoms. The maximum Gasteiger partial charge on any atom is 0.244 e. The third-order valence-corrected chi connectivity index (χ3v) is 6.28. The van der Waals surface area contributed by atoms with Gasteiger partial charge in [-0.15, -0.1) is 0 Å². The first-order chi connectivity index (χ1) is 8.82. The van der Waals surface area contributed by atoms with Crippen LogP contribution in [0, 0.1) is 0 Å². The molecule has 0 spiro atoms. The molecule has 1 unspecified atom stereocenters. The Labute approximate surface area is 127 Å². The molecule has 1 aromatic rings. The van der Waals surface area contributed by atoms with Gasteiger partial charge in [0.2, 0.25) is 10.0 Å². The van der Waals surface area contributed by atoms with Gasteiger partial charge in [0.15, 0.2) is 0 Å². The SMILES string of the molecule is CC1CN(S(=O)(=O)c2ccc(Br)cc2Cl)CCN1C. The average molecular weight is 368 g/mol. The van der Waals surface area contributed by atoms with E-state index in [1.807, 2.05) is 14.0 Å². The highest BCUT2D eigenvalue weighted by Crippen LogP contribution is 2.28. The number of benzene rings is 1. The first kappa shape index (κ1) is 15.3. The van der Waals surface area contributed by atoms with Crippen molar-refractivity contribution in [3.8, 4) is 0 Å². The van der Waals surface area contributed by atoms with E-state index in [2.05, 4.69) is 20.8 Å². The standard InChI is InChI=1S/C12H16BrClN2O2S/c1-9-8-16(6-5-15(9)2)19(17,18)12-4-3-10(13)7-11(12)14/h3-4,7,9H,5-6,8H2,1-2H3. The lowest BCUT2D eigenvalue weighted by Crippen LogP contribution is -2.51. The topological polar surface area (TPSA) is 40.6 Å². The van der Waals surface area contributed by atoms with Gasteiger partial charge < -0.3 is 4.90 Å². The van der Waals surface area contributed by atoms with Crippen LogP contribution < -0.4 is 0 Å². The van der Waals surface area contributed by atoms with E-state index in [4.69, 9.17) is 11.6 Å². The number of piperazine rings is 1. The molecule has 2 rings (SSSR count). The number of nitrogens with zero attached hydrogens (tertiary/aromatic N) is 2. The Morgan fingerprint density at radius 3 is 2.63 bits per heavy atom. The number of likely N-dealkylation sites (N-methyl/N-ethyl adjacent to an activating group) is 1. The lowest BCUT2D eigenvalue weighted by atomic mass is 10.2. The number of rotatable bonds is 2. The maximum atomic E-state index is 12.6. The molecule has 1 aliphatic heterocycles. The van der Waals surface area contributed by atoms with E-state index in [0.717, 1.165) is 11.0 Å². The van der Waals surface area contributed by atoms with Crippen LogP contribution in [-0.4, -0.2) is 50.3 Å². The highest BCUT2D eigenvalue weighted by molar-refractivity contribution is 9.10. The van der Waals surface area contributed by atoms with Gasteiger partial charge in [0.1, 0.15) is 4.90 Å². The predicted octanol–water partition coefficient (Wildman–Crippen LogP) is 2.43. The van der Waals surface area contributed by atoms with Gasteiger partial charge in [0.05, 0.1) is 5.02 Å². The fraction of sp³-hybridized carbons (Fsp3) is 0.500. The predicted molar refractivity (Wildman–Crippen MR) is 80.0 cm³/mol. The molecule has 0 radical (unpaired) electrons. The van der Waals surface area contributed by atoms with Crippen molar-refractivity contribution in [1.29, 1.82) is 0 Å². The highest BCUT2D eigenvalue weighted by atomic mass is 79.9. The van der Waals surface area contributed by atoms with Gasteiger partial charge in [-0.25, -0.2) is 8.42 Å². The van der Waals surface area contributed by atoms with Gasteiger partial charge in [-0.2, -0.15) is 4.31 Å². The number of hydrogen-bond acceptors (Lipinski definition) is 3. The lowest BCUT2D eigenvalue weighted by Gasteiger charge is -2.36. The minimum Gasteiger partial charge on any atom is -0.301 e. The summed E-state index contributed by atoms with van der Waals surface area (Å²) in [7, 11) is -1.51. The van der Waals surface area contributed by atoms with Gasteiger partial charge >= 0.3 is 0 Å². The van der Waals surface area contributed by atoms with Crippen molar-refractivity contribution in [3.05, 3.63) is 27.7 Å². The first-order valence-corrected chi connectivity index (χ1v) is 8.59. The Morgan fingerprint density at radius 1 is 1.37 bits per heavy atom. The molecule has 1 aromatic carbocycles. The smallest absolute Gasteiger partial charge is 0.244 e. The molecule has 106 valence electrons. The van der Waals surface area contributed by atoms with Crippen LogP contribution in [0.4, 0.5) is 0 Å². The molecule has 4 nitrogen and oxygen atoms in total. The molecule has 0 bridgehead atoms. The zero-order chi connectivity index (χ0) is 14.2. The van der Waals surface area contributed by atoms with E-state index in [1.54, 1.807) is 18.2 Å². The fourth-order valence-corrected chi connectivity index (χ4v) is 4.58. The monoisotopic (exact) mass is 366 g/mol. The summed E-state index contributed by atoms with van der Waals surface area (Å²) in [5, 5.41) is 0.251. The van der Waals surface area contributed by atoms with Crippen molar-refractivity contribution in [2.75, 3.05) is 26.7 Å². The van der Waals surface area contributed by atoms with Crippen molar-refractivity contribution in [2.45, 2.75) is 17.9 Å². The Hall–Kier alpha value is -0.140. The molecular weight excluding hydrogens is 352 g/mol. The summed E-state index contributed by atoms with van der Waals surface area (Å²) in [6, 6.07) is 5.05. The fourth-order valence-electron chi connectivity index (χ4n) is 2.06. The Morgan fingerprint density at radius 2 is 2.05 bits per heavy atom. The van der Waals surface area contributed by atoms with Crippen LogP contribution in [0.3, 0.4) is 0 Å². The van der Waals surface area contributed by atoms with Gasteiger partial charge in [-0.3, -0.25) is 0 Å². The van der Waals surface area contributed by atoms with E-state index in [9.17, 15) is 8.42 Å². The van der Waals surface area contributed by atoms with Gasteiger partial charge in [0, 0.05) is 30.1 Å². The van der Waals surface area contributed by atoms with Gasteiger partial charge in [-0.05, 0) is 32.2 Å². The van der Waals surface area contributed by atoms with Crippen molar-refractivity contribution in [3.63, 3.8) is 0 Å². The molecule has 7 heteroatoms. The second-order valence-corrected chi connectivity index (χ2v) is 8.00. The van der Waals surface area contributed by atoms with E-state index < -0.39 is 10.0 Å². The molecule has 0 N–H and O–H groups in total. The van der Waals surface area contributed by atoms with E-state index in [0.29, 0.717) is 13.1 Å². The number of sulfonamides is 1. The maximum absolute atomic E-state index is 12.6. The Balaban J connectivity index is 2.32. The minimum absolute atomic E-state index is 0.175. The van der Waals surface area contributed by atoms with Gasteiger partial charge in [-0.1, -0.05) is 27.5 Å². The van der Waals surface area contributed by atoms with Crippen LogP contribution in [0.5, 0.6) is 0 Å². The summed E-state index contributed by atoms with van der Waals surface area (Å²) >= 11 is 9.33. The van der Waals surface area contributed by atoms with Crippen LogP contribution >= 0.6 is 27.5 Å². The van der Waals surface area contributed by atoms with Crippen LogP contribution in [0.25, 0.3) is 0 Å². The summed E-state index contributed by atoms with van der Waals surface area (Å²) in [5.74, 6) is 0. The van der Waals surface area contributed by atoms with Crippen LogP contribution in [0.15, 0.2) is 27.6 Å². The minimum atomic E-state index is -3.51. The van der Waals surface area contributed by atoms with E-state index in [1.165, 1.54) is 4.31 Å². The highest BCUT2D eigenvalue weighted by Gasteiger charge is 2.32. The zero-order valence-corrected chi connectivity index (χ0v) is 14.0. The molecule has 1 heterocycles. The third kappa shape index (κ3) is 3.13. The molecule has 0 aliphatic carbocycles. The summed E-state index contributed by atoms with van der Waals surface area (Å²) in [6.07, 6.45) is 0. The zero-order valence-electron chi connectivity index (χ0n) is 10.8. The number of hydrogen-bond donors (Lipinski definition) is 0. The number of halogens is 2. The van der Waals surface area contributed by atoms with E-state index in [-0.39, 0.29) is 16.0 Å². The summed E-state index contributed by atoms with van der Waals surface area (Å²) in [5.41, 5.74) is 0. The average Bonchev–Trinajstić information content (AvgIpc) is 2.32. The molecule has 1 atom stereocenters.